The number of allylic oxidation sites excluding steroid dienone is 1. The van der Waals surface area contributed by atoms with Crippen LogP contribution in [0.4, 0.5) is 0 Å². The molecular formula is C16H14O3. The number of hydrogen-bond donors (Lipinski definition) is 1. The van der Waals surface area contributed by atoms with Gasteiger partial charge < -0.3 is 9.84 Å². The second-order valence-electron chi connectivity index (χ2n) is 4.04. The Labute approximate surface area is 111 Å². The molecule has 0 saturated carbocycles. The van der Waals surface area contributed by atoms with Crippen LogP contribution in [0.1, 0.15) is 15.9 Å². The first-order valence-corrected chi connectivity index (χ1v) is 5.90. The lowest BCUT2D eigenvalue weighted by Gasteiger charge is -2.06. The summed E-state index contributed by atoms with van der Waals surface area (Å²) in [6.45, 7) is 3.66. The van der Waals surface area contributed by atoms with Crippen molar-refractivity contribution in [1.29, 1.82) is 0 Å². The Hall–Kier alpha value is -2.55. The van der Waals surface area contributed by atoms with E-state index in [0.29, 0.717) is 5.75 Å². The highest BCUT2D eigenvalue weighted by Crippen LogP contribution is 2.19. The average molecular weight is 254 g/mol. The molecule has 2 aromatic carbocycles. The SMILES string of the molecule is C=CCc1ccc(OC(=O)c2ccccc2O)cc1. The van der Waals surface area contributed by atoms with Gasteiger partial charge in [0.2, 0.25) is 0 Å². The van der Waals surface area contributed by atoms with Crippen molar-refractivity contribution in [2.45, 2.75) is 6.42 Å². The van der Waals surface area contributed by atoms with Gasteiger partial charge >= 0.3 is 5.97 Å². The molecule has 0 aromatic heterocycles. The van der Waals surface area contributed by atoms with E-state index in [1.165, 1.54) is 12.1 Å². The zero-order valence-electron chi connectivity index (χ0n) is 10.4. The molecule has 96 valence electrons. The molecule has 0 atom stereocenters. The van der Waals surface area contributed by atoms with E-state index in [1.54, 1.807) is 24.3 Å². The van der Waals surface area contributed by atoms with Gasteiger partial charge in [0.1, 0.15) is 17.1 Å². The fraction of sp³-hybridized carbons (Fsp3) is 0.0625. The Kier molecular flexibility index (Phi) is 3.98. The predicted molar refractivity (Wildman–Crippen MR) is 73.4 cm³/mol. The fourth-order valence-electron chi connectivity index (χ4n) is 1.67. The normalized spacial score (nSPS) is 9.89. The maximum atomic E-state index is 11.8. The third kappa shape index (κ3) is 3.22. The highest BCUT2D eigenvalue weighted by atomic mass is 16.5. The number of benzene rings is 2. The van der Waals surface area contributed by atoms with Crippen LogP contribution in [0.15, 0.2) is 61.2 Å². The molecule has 0 spiro atoms. The number of ether oxygens (including phenoxy) is 1. The number of phenols is 1. The second-order valence-corrected chi connectivity index (χ2v) is 4.04. The zero-order valence-corrected chi connectivity index (χ0v) is 10.4. The van der Waals surface area contributed by atoms with E-state index in [-0.39, 0.29) is 11.3 Å². The van der Waals surface area contributed by atoms with Crippen molar-refractivity contribution in [3.05, 3.63) is 72.3 Å². The van der Waals surface area contributed by atoms with E-state index in [0.717, 1.165) is 12.0 Å². The van der Waals surface area contributed by atoms with Gasteiger partial charge in [-0.1, -0.05) is 30.3 Å². The predicted octanol–water partition coefficient (Wildman–Crippen LogP) is 3.34. The first kappa shape index (κ1) is 12.9. The largest absolute Gasteiger partial charge is 0.507 e. The van der Waals surface area contributed by atoms with Crippen molar-refractivity contribution in [3.8, 4) is 11.5 Å². The molecule has 1 N–H and O–H groups in total. The Balaban J connectivity index is 2.11. The fourth-order valence-corrected chi connectivity index (χ4v) is 1.67. The maximum absolute atomic E-state index is 11.8. The maximum Gasteiger partial charge on any atom is 0.347 e. The van der Waals surface area contributed by atoms with Gasteiger partial charge in [-0.3, -0.25) is 0 Å². The van der Waals surface area contributed by atoms with Crippen LogP contribution in [-0.4, -0.2) is 11.1 Å². The summed E-state index contributed by atoms with van der Waals surface area (Å²) in [4.78, 5) is 11.8. The minimum Gasteiger partial charge on any atom is -0.507 e. The number of esters is 1. The second kappa shape index (κ2) is 5.87. The molecule has 0 aliphatic rings. The average Bonchev–Trinajstić information content (AvgIpc) is 2.42. The van der Waals surface area contributed by atoms with Gasteiger partial charge in [-0.15, -0.1) is 6.58 Å². The van der Waals surface area contributed by atoms with E-state index in [9.17, 15) is 9.90 Å². The summed E-state index contributed by atoms with van der Waals surface area (Å²) in [6, 6.07) is 13.5. The Morgan fingerprint density at radius 2 is 1.84 bits per heavy atom. The van der Waals surface area contributed by atoms with Crippen LogP contribution in [-0.2, 0) is 6.42 Å². The van der Waals surface area contributed by atoms with E-state index < -0.39 is 5.97 Å². The lowest BCUT2D eigenvalue weighted by molar-refractivity contribution is 0.0731. The van der Waals surface area contributed by atoms with Crippen molar-refractivity contribution in [2.24, 2.45) is 0 Å². The third-order valence-corrected chi connectivity index (χ3v) is 2.64. The van der Waals surface area contributed by atoms with Crippen LogP contribution < -0.4 is 4.74 Å². The molecule has 0 amide bonds. The van der Waals surface area contributed by atoms with Crippen LogP contribution in [0, 0.1) is 0 Å². The third-order valence-electron chi connectivity index (χ3n) is 2.64. The van der Waals surface area contributed by atoms with Crippen molar-refractivity contribution in [2.75, 3.05) is 0 Å². The summed E-state index contributed by atoms with van der Waals surface area (Å²) in [5.74, 6) is -0.216. The number of para-hydroxylation sites is 1. The molecule has 0 saturated heterocycles. The molecular weight excluding hydrogens is 240 g/mol. The van der Waals surface area contributed by atoms with E-state index in [1.807, 2.05) is 18.2 Å². The summed E-state index contributed by atoms with van der Waals surface area (Å²) in [5, 5.41) is 9.56. The molecule has 0 radical (unpaired) electrons. The molecule has 19 heavy (non-hydrogen) atoms. The molecule has 0 aliphatic carbocycles. The number of phenolic OH excluding ortho intramolecular Hbond substituents is 1. The molecule has 2 aromatic rings. The standard InChI is InChI=1S/C16H14O3/c1-2-5-12-8-10-13(11-9-12)19-16(18)14-6-3-4-7-15(14)17/h2-4,6-11,17H,1,5H2. The van der Waals surface area contributed by atoms with E-state index in [4.69, 9.17) is 4.74 Å². The summed E-state index contributed by atoms with van der Waals surface area (Å²) >= 11 is 0. The Morgan fingerprint density at radius 3 is 2.47 bits per heavy atom. The van der Waals surface area contributed by atoms with Crippen molar-refractivity contribution < 1.29 is 14.6 Å². The molecule has 3 nitrogen and oxygen atoms in total. The number of rotatable bonds is 4. The molecule has 0 aliphatic heterocycles. The monoisotopic (exact) mass is 254 g/mol. The first-order valence-electron chi connectivity index (χ1n) is 5.90. The van der Waals surface area contributed by atoms with E-state index in [2.05, 4.69) is 6.58 Å². The molecule has 0 bridgehead atoms. The molecule has 2 rings (SSSR count). The highest BCUT2D eigenvalue weighted by Gasteiger charge is 2.12. The topological polar surface area (TPSA) is 46.5 Å². The lowest BCUT2D eigenvalue weighted by atomic mass is 10.1. The number of aromatic hydroxyl groups is 1. The van der Waals surface area contributed by atoms with Crippen LogP contribution in [0.3, 0.4) is 0 Å². The van der Waals surface area contributed by atoms with Crippen LogP contribution >= 0.6 is 0 Å². The first-order chi connectivity index (χ1) is 9.20. The van der Waals surface area contributed by atoms with Crippen LogP contribution in [0.25, 0.3) is 0 Å². The van der Waals surface area contributed by atoms with E-state index >= 15 is 0 Å². The van der Waals surface area contributed by atoms with Gasteiger partial charge in [-0.2, -0.15) is 0 Å². The Bertz CT molecular complexity index is 585. The molecule has 0 fully saturated rings. The Morgan fingerprint density at radius 1 is 1.16 bits per heavy atom. The molecule has 0 unspecified atom stereocenters. The molecule has 0 heterocycles. The van der Waals surface area contributed by atoms with Gasteiger partial charge in [0.15, 0.2) is 0 Å². The summed E-state index contributed by atoms with van der Waals surface area (Å²) in [7, 11) is 0. The minimum atomic E-state index is -0.574. The lowest BCUT2D eigenvalue weighted by Crippen LogP contribution is -2.08. The quantitative estimate of drug-likeness (QED) is 0.517. The van der Waals surface area contributed by atoms with Gasteiger partial charge in [0.25, 0.3) is 0 Å². The highest BCUT2D eigenvalue weighted by molar-refractivity contribution is 5.93. The minimum absolute atomic E-state index is 0.0872. The van der Waals surface area contributed by atoms with Crippen molar-refractivity contribution >= 4 is 5.97 Å². The van der Waals surface area contributed by atoms with Gasteiger partial charge in [0.05, 0.1) is 0 Å². The van der Waals surface area contributed by atoms with Crippen molar-refractivity contribution in [3.63, 3.8) is 0 Å². The number of carbonyl (C=O) groups excluding carboxylic acids is 1. The number of carbonyl (C=O) groups is 1. The van der Waals surface area contributed by atoms with Gasteiger partial charge in [-0.05, 0) is 36.2 Å². The summed E-state index contributed by atoms with van der Waals surface area (Å²) in [6.07, 6.45) is 2.58. The molecule has 3 heteroatoms. The van der Waals surface area contributed by atoms with Crippen LogP contribution in [0.5, 0.6) is 11.5 Å². The smallest absolute Gasteiger partial charge is 0.347 e. The van der Waals surface area contributed by atoms with Crippen molar-refractivity contribution in [1.82, 2.24) is 0 Å². The summed E-state index contributed by atoms with van der Waals surface area (Å²) in [5.41, 5.74) is 1.25. The van der Waals surface area contributed by atoms with Gasteiger partial charge in [0, 0.05) is 0 Å². The van der Waals surface area contributed by atoms with Crippen LogP contribution in [0.2, 0.25) is 0 Å². The van der Waals surface area contributed by atoms with Gasteiger partial charge in [-0.25, -0.2) is 4.79 Å². The summed E-state index contributed by atoms with van der Waals surface area (Å²) < 4.78 is 5.19. The zero-order chi connectivity index (χ0) is 13.7. The number of hydrogen-bond acceptors (Lipinski definition) is 3.